The van der Waals surface area contributed by atoms with Gasteiger partial charge in [-0.15, -0.1) is 0 Å². The van der Waals surface area contributed by atoms with Gasteiger partial charge in [-0.2, -0.15) is 0 Å². The molecule has 42 heavy (non-hydrogen) atoms. The molecule has 4 rings (SSSR count). The Bertz CT molecular complexity index is 1660. The quantitative estimate of drug-likeness (QED) is 0.222. The lowest BCUT2D eigenvalue weighted by atomic mass is 10.0. The molecule has 0 aliphatic heterocycles. The van der Waals surface area contributed by atoms with Gasteiger partial charge in [0.2, 0.25) is 15.9 Å². The van der Waals surface area contributed by atoms with E-state index in [1.165, 1.54) is 6.07 Å². The van der Waals surface area contributed by atoms with Crippen molar-refractivity contribution in [2.45, 2.75) is 57.7 Å². The average molecular weight is 593 g/mol. The minimum absolute atomic E-state index is 0.0280. The van der Waals surface area contributed by atoms with Crippen LogP contribution in [0.15, 0.2) is 89.8 Å². The van der Waals surface area contributed by atoms with Crippen molar-refractivity contribution in [1.29, 1.82) is 0 Å². The first-order valence-corrected chi connectivity index (χ1v) is 14.9. The van der Waals surface area contributed by atoms with E-state index in [0.717, 1.165) is 34.4 Å². The van der Waals surface area contributed by atoms with Crippen molar-refractivity contribution in [2.24, 2.45) is 0 Å². The summed E-state index contributed by atoms with van der Waals surface area (Å²) >= 11 is 0. The third-order valence-corrected chi connectivity index (χ3v) is 8.13. The lowest BCUT2D eigenvalue weighted by Crippen LogP contribution is -2.40. The zero-order chi connectivity index (χ0) is 30.5. The zero-order valence-corrected chi connectivity index (χ0v) is 24.8. The summed E-state index contributed by atoms with van der Waals surface area (Å²) in [5.74, 6) is -1.03. The Kier molecular flexibility index (Phi) is 9.43. The second kappa shape index (κ2) is 12.8. The Hall–Kier alpha value is -4.08. The summed E-state index contributed by atoms with van der Waals surface area (Å²) in [6, 6.07) is 23.2. The summed E-state index contributed by atoms with van der Waals surface area (Å²) < 4.78 is 61.6. The summed E-state index contributed by atoms with van der Waals surface area (Å²) in [4.78, 5) is 12.5. The molecule has 1 amide bonds. The van der Waals surface area contributed by atoms with E-state index in [9.17, 15) is 22.0 Å². The number of amides is 1. The fourth-order valence-electron chi connectivity index (χ4n) is 4.32. The van der Waals surface area contributed by atoms with Gasteiger partial charge in [0, 0.05) is 29.3 Å². The third-order valence-electron chi connectivity index (χ3n) is 6.31. The standard InChI is InChI=1S/C33H34F2N2O4S/c1-22-5-16-31(42(39,40)37-33(2,3)4)29(17-22)25-10-6-24(7-11-25)21-41-28-14-8-23(9-15-28)18-32(38)36-20-26-12-13-27(34)19-30(26)35/h5-17,19,37H,18,20-21H2,1-4H3,(H,36,38). The molecule has 0 atom stereocenters. The number of aryl methyl sites for hydroxylation is 1. The van der Waals surface area contributed by atoms with Crippen molar-refractivity contribution in [3.05, 3.63) is 119 Å². The van der Waals surface area contributed by atoms with Gasteiger partial charge in [0.15, 0.2) is 0 Å². The molecular weight excluding hydrogens is 558 g/mol. The van der Waals surface area contributed by atoms with E-state index < -0.39 is 27.2 Å². The molecule has 0 saturated carbocycles. The summed E-state index contributed by atoms with van der Waals surface area (Å²) in [5.41, 5.74) is 3.62. The van der Waals surface area contributed by atoms with E-state index in [2.05, 4.69) is 10.0 Å². The Balaban J connectivity index is 1.35. The van der Waals surface area contributed by atoms with E-state index >= 15 is 0 Å². The predicted molar refractivity (Wildman–Crippen MR) is 159 cm³/mol. The molecule has 0 aromatic heterocycles. The minimum atomic E-state index is -3.73. The van der Waals surface area contributed by atoms with Crippen LogP contribution in [-0.4, -0.2) is 19.9 Å². The molecule has 2 N–H and O–H groups in total. The van der Waals surface area contributed by atoms with Gasteiger partial charge in [-0.1, -0.05) is 60.2 Å². The fourth-order valence-corrected chi connectivity index (χ4v) is 5.95. The molecule has 6 nitrogen and oxygen atoms in total. The van der Waals surface area contributed by atoms with E-state index in [4.69, 9.17) is 4.74 Å². The van der Waals surface area contributed by atoms with E-state index in [1.54, 1.807) is 57.2 Å². The molecular formula is C33H34F2N2O4S. The number of hydrogen-bond donors (Lipinski definition) is 2. The summed E-state index contributed by atoms with van der Waals surface area (Å²) in [6.07, 6.45) is 0.104. The van der Waals surface area contributed by atoms with Gasteiger partial charge in [-0.3, -0.25) is 4.79 Å². The van der Waals surface area contributed by atoms with Crippen molar-refractivity contribution in [3.8, 4) is 16.9 Å². The van der Waals surface area contributed by atoms with Crippen LogP contribution in [0.5, 0.6) is 5.75 Å². The van der Waals surface area contributed by atoms with E-state index in [-0.39, 0.29) is 29.3 Å². The number of ether oxygens (including phenoxy) is 1. The molecule has 0 aliphatic rings. The zero-order valence-electron chi connectivity index (χ0n) is 24.0. The number of benzene rings is 4. The van der Waals surface area contributed by atoms with Gasteiger partial charge < -0.3 is 10.1 Å². The highest BCUT2D eigenvalue weighted by molar-refractivity contribution is 7.89. The first-order chi connectivity index (χ1) is 19.8. The average Bonchev–Trinajstić information content (AvgIpc) is 2.91. The van der Waals surface area contributed by atoms with Crippen LogP contribution in [0.3, 0.4) is 0 Å². The Morgan fingerprint density at radius 1 is 0.857 bits per heavy atom. The molecule has 9 heteroatoms. The minimum Gasteiger partial charge on any atom is -0.489 e. The summed E-state index contributed by atoms with van der Waals surface area (Å²) in [6.45, 7) is 7.61. The van der Waals surface area contributed by atoms with Crippen molar-refractivity contribution in [2.75, 3.05) is 0 Å². The van der Waals surface area contributed by atoms with Crippen molar-refractivity contribution >= 4 is 15.9 Å². The van der Waals surface area contributed by atoms with E-state index in [1.807, 2.05) is 37.3 Å². The summed E-state index contributed by atoms with van der Waals surface area (Å²) in [7, 11) is -3.73. The maximum atomic E-state index is 13.8. The van der Waals surface area contributed by atoms with Gasteiger partial charge in [-0.25, -0.2) is 21.9 Å². The van der Waals surface area contributed by atoms with Crippen molar-refractivity contribution in [3.63, 3.8) is 0 Å². The second-order valence-corrected chi connectivity index (χ2v) is 12.8. The lowest BCUT2D eigenvalue weighted by molar-refractivity contribution is -0.120. The van der Waals surface area contributed by atoms with Gasteiger partial charge >= 0.3 is 0 Å². The third kappa shape index (κ3) is 8.47. The molecule has 0 spiro atoms. The number of sulfonamides is 1. The fraction of sp³-hybridized carbons (Fsp3) is 0.242. The number of halogens is 2. The Morgan fingerprint density at radius 3 is 2.17 bits per heavy atom. The molecule has 4 aromatic carbocycles. The number of hydrogen-bond acceptors (Lipinski definition) is 4. The molecule has 0 saturated heterocycles. The highest BCUT2D eigenvalue weighted by atomic mass is 32.2. The van der Waals surface area contributed by atoms with Gasteiger partial charge in [0.05, 0.1) is 11.3 Å². The largest absolute Gasteiger partial charge is 0.489 e. The number of rotatable bonds is 10. The van der Waals surface area contributed by atoms with Crippen LogP contribution < -0.4 is 14.8 Å². The maximum absolute atomic E-state index is 13.8. The molecule has 4 aromatic rings. The highest BCUT2D eigenvalue weighted by Gasteiger charge is 2.25. The highest BCUT2D eigenvalue weighted by Crippen LogP contribution is 2.30. The second-order valence-electron chi connectivity index (χ2n) is 11.2. The molecule has 0 unspecified atom stereocenters. The van der Waals surface area contributed by atoms with Crippen molar-refractivity contribution in [1.82, 2.24) is 10.0 Å². The molecule has 0 heterocycles. The maximum Gasteiger partial charge on any atom is 0.241 e. The van der Waals surface area contributed by atoms with Gasteiger partial charge in [0.1, 0.15) is 24.0 Å². The van der Waals surface area contributed by atoms with Gasteiger partial charge in [-0.05, 0) is 68.7 Å². The van der Waals surface area contributed by atoms with E-state index in [0.29, 0.717) is 17.9 Å². The number of nitrogens with one attached hydrogen (secondary N) is 2. The molecule has 0 bridgehead atoms. The Labute approximate surface area is 245 Å². The monoisotopic (exact) mass is 592 g/mol. The lowest BCUT2D eigenvalue weighted by Gasteiger charge is -2.22. The first-order valence-electron chi connectivity index (χ1n) is 13.5. The van der Waals surface area contributed by atoms with Crippen LogP contribution in [0, 0.1) is 18.6 Å². The molecule has 0 fully saturated rings. The predicted octanol–water partition coefficient (Wildman–Crippen LogP) is 6.45. The first kappa shape index (κ1) is 30.9. The number of carbonyl (C=O) groups is 1. The van der Waals surface area contributed by atoms with Crippen LogP contribution in [0.1, 0.15) is 43.0 Å². The Morgan fingerprint density at radius 2 is 1.52 bits per heavy atom. The van der Waals surface area contributed by atoms with Crippen LogP contribution in [0.2, 0.25) is 0 Å². The topological polar surface area (TPSA) is 84.5 Å². The summed E-state index contributed by atoms with van der Waals surface area (Å²) in [5, 5.41) is 2.64. The van der Waals surface area contributed by atoms with Crippen LogP contribution in [0.25, 0.3) is 11.1 Å². The van der Waals surface area contributed by atoms with Gasteiger partial charge in [0.25, 0.3) is 0 Å². The van der Waals surface area contributed by atoms with Crippen LogP contribution in [0.4, 0.5) is 8.78 Å². The SMILES string of the molecule is Cc1ccc(S(=O)(=O)NC(C)(C)C)c(-c2ccc(COc3ccc(CC(=O)NCc4ccc(F)cc4F)cc3)cc2)c1. The smallest absolute Gasteiger partial charge is 0.241 e. The normalized spacial score (nSPS) is 11.8. The van der Waals surface area contributed by atoms with Crippen LogP contribution in [-0.2, 0) is 34.4 Å². The van der Waals surface area contributed by atoms with Crippen molar-refractivity contribution < 1.29 is 26.7 Å². The van der Waals surface area contributed by atoms with Crippen LogP contribution >= 0.6 is 0 Å². The molecule has 220 valence electrons. The molecule has 0 radical (unpaired) electrons. The number of carbonyl (C=O) groups excluding carboxylic acids is 1. The molecule has 0 aliphatic carbocycles.